The second-order valence-electron chi connectivity index (χ2n) is 8.26. The summed E-state index contributed by atoms with van der Waals surface area (Å²) in [5, 5.41) is 2.92. The van der Waals surface area contributed by atoms with E-state index in [1.54, 1.807) is 12.1 Å². The Balaban J connectivity index is 1.74. The van der Waals surface area contributed by atoms with E-state index in [9.17, 15) is 22.8 Å². The first-order valence-electron chi connectivity index (χ1n) is 11.1. The van der Waals surface area contributed by atoms with Crippen LogP contribution in [0.15, 0.2) is 85.1 Å². The van der Waals surface area contributed by atoms with Gasteiger partial charge in [-0.25, -0.2) is 13.2 Å². The molecule has 1 unspecified atom stereocenters. The van der Waals surface area contributed by atoms with Gasteiger partial charge in [0, 0.05) is 17.8 Å². The Morgan fingerprint density at radius 1 is 0.861 bits per heavy atom. The molecule has 1 heterocycles. The van der Waals surface area contributed by atoms with Crippen LogP contribution in [0.25, 0.3) is 11.1 Å². The Labute approximate surface area is 205 Å². The molecule has 1 aromatic heterocycles. The molecule has 0 spiro atoms. The third kappa shape index (κ3) is 5.96. The number of nitrogens with two attached hydrogens (primary N) is 1. The van der Waals surface area contributed by atoms with Gasteiger partial charge in [-0.3, -0.25) is 14.6 Å². The lowest BCUT2D eigenvalue weighted by Crippen LogP contribution is -2.32. The topological polar surface area (TPSA) is 85.1 Å². The average Bonchev–Trinajstić information content (AvgIpc) is 2.84. The van der Waals surface area contributed by atoms with Crippen LogP contribution in [0, 0.1) is 17.5 Å². The molecule has 1 atom stereocenters. The van der Waals surface area contributed by atoms with Crippen LogP contribution >= 0.6 is 0 Å². The van der Waals surface area contributed by atoms with Gasteiger partial charge < -0.3 is 11.1 Å². The van der Waals surface area contributed by atoms with Crippen LogP contribution in [-0.4, -0.2) is 16.8 Å². The number of rotatable bonds is 8. The van der Waals surface area contributed by atoms with Crippen molar-refractivity contribution >= 4 is 11.8 Å². The zero-order valence-electron chi connectivity index (χ0n) is 19.0. The first kappa shape index (κ1) is 24.7. The first-order chi connectivity index (χ1) is 17.3. The molecule has 4 rings (SSSR count). The highest BCUT2D eigenvalue weighted by atomic mass is 19.1. The predicted octanol–water partition coefficient (Wildman–Crippen LogP) is 4.91. The molecular weight excluding hydrogens is 467 g/mol. The van der Waals surface area contributed by atoms with E-state index in [0.29, 0.717) is 22.4 Å². The molecule has 36 heavy (non-hydrogen) atoms. The summed E-state index contributed by atoms with van der Waals surface area (Å²) in [6.07, 6.45) is 1.63. The van der Waals surface area contributed by atoms with Gasteiger partial charge in [0.1, 0.15) is 17.5 Å². The highest BCUT2D eigenvalue weighted by Gasteiger charge is 2.22. The maximum absolute atomic E-state index is 14.1. The largest absolute Gasteiger partial charge is 0.366 e. The number of hydrogen-bond acceptors (Lipinski definition) is 3. The summed E-state index contributed by atoms with van der Waals surface area (Å²) >= 11 is 0. The zero-order chi connectivity index (χ0) is 25.7. The third-order valence-corrected chi connectivity index (χ3v) is 5.62. The Morgan fingerprint density at radius 3 is 2.28 bits per heavy atom. The standard InChI is InChI=1S/C28H22F3N3O2/c29-20-11-18(12-21(30)16-20)13-25(34-26(35)14-17-5-2-1-3-6-17)27-22(7-4-10-33-27)19-8-9-24(31)23(15-19)28(32)36/h1-12,15-16,25H,13-14H2,(H2,32,36)(H,34,35). The molecule has 0 saturated heterocycles. The normalized spacial score (nSPS) is 11.6. The summed E-state index contributed by atoms with van der Waals surface area (Å²) in [6.45, 7) is 0. The molecule has 0 radical (unpaired) electrons. The fourth-order valence-corrected chi connectivity index (χ4v) is 4.03. The summed E-state index contributed by atoms with van der Waals surface area (Å²) in [4.78, 5) is 29.1. The van der Waals surface area contributed by atoms with Crippen LogP contribution in [0.4, 0.5) is 13.2 Å². The van der Waals surface area contributed by atoms with Gasteiger partial charge in [-0.1, -0.05) is 42.5 Å². The molecule has 0 aliphatic carbocycles. The van der Waals surface area contributed by atoms with Gasteiger partial charge >= 0.3 is 0 Å². The molecule has 0 bridgehead atoms. The minimum absolute atomic E-state index is 0.0308. The summed E-state index contributed by atoms with van der Waals surface area (Å²) in [6, 6.07) is 18.7. The minimum Gasteiger partial charge on any atom is -0.366 e. The van der Waals surface area contributed by atoms with Crippen molar-refractivity contribution in [3.63, 3.8) is 0 Å². The maximum atomic E-state index is 14.1. The van der Waals surface area contributed by atoms with E-state index in [0.717, 1.165) is 17.7 Å². The Kier molecular flexibility index (Phi) is 7.44. The SMILES string of the molecule is NC(=O)c1cc(-c2cccnc2C(Cc2cc(F)cc(F)c2)NC(=O)Cc2ccccc2)ccc1F. The molecule has 5 nitrogen and oxygen atoms in total. The number of aromatic nitrogens is 1. The Hall–Kier alpha value is -4.46. The molecule has 8 heteroatoms. The summed E-state index contributed by atoms with van der Waals surface area (Å²) in [5.41, 5.74) is 7.44. The van der Waals surface area contributed by atoms with E-state index in [4.69, 9.17) is 5.73 Å². The van der Waals surface area contributed by atoms with Crippen LogP contribution in [-0.2, 0) is 17.6 Å². The molecule has 0 saturated carbocycles. The maximum Gasteiger partial charge on any atom is 0.251 e. The second-order valence-corrected chi connectivity index (χ2v) is 8.26. The minimum atomic E-state index is -0.928. The van der Waals surface area contributed by atoms with E-state index in [-0.39, 0.29) is 24.3 Å². The van der Waals surface area contributed by atoms with Gasteiger partial charge in [-0.2, -0.15) is 0 Å². The lowest BCUT2D eigenvalue weighted by atomic mass is 9.94. The fraction of sp³-hybridized carbons (Fsp3) is 0.107. The summed E-state index contributed by atoms with van der Waals surface area (Å²) in [5.74, 6) is -3.51. The quantitative estimate of drug-likeness (QED) is 0.369. The van der Waals surface area contributed by atoms with Crippen LogP contribution in [0.2, 0.25) is 0 Å². The molecule has 3 N–H and O–H groups in total. The van der Waals surface area contributed by atoms with E-state index in [1.165, 1.54) is 30.5 Å². The third-order valence-electron chi connectivity index (χ3n) is 5.62. The van der Waals surface area contributed by atoms with Crippen molar-refractivity contribution in [3.05, 3.63) is 125 Å². The zero-order valence-corrected chi connectivity index (χ0v) is 19.0. The van der Waals surface area contributed by atoms with Crippen molar-refractivity contribution < 1.29 is 22.8 Å². The number of nitrogens with one attached hydrogen (secondary N) is 1. The van der Waals surface area contributed by atoms with Crippen LogP contribution in [0.5, 0.6) is 0 Å². The van der Waals surface area contributed by atoms with E-state index in [2.05, 4.69) is 10.3 Å². The van der Waals surface area contributed by atoms with Crippen LogP contribution < -0.4 is 11.1 Å². The van der Waals surface area contributed by atoms with E-state index >= 15 is 0 Å². The van der Waals surface area contributed by atoms with Crippen LogP contribution in [0.3, 0.4) is 0 Å². The van der Waals surface area contributed by atoms with E-state index in [1.807, 2.05) is 30.3 Å². The second kappa shape index (κ2) is 10.9. The number of nitrogens with zero attached hydrogens (tertiary/aromatic N) is 1. The van der Waals surface area contributed by atoms with Crippen molar-refractivity contribution in [2.45, 2.75) is 18.9 Å². The number of hydrogen-bond donors (Lipinski definition) is 2. The van der Waals surface area contributed by atoms with Gasteiger partial charge in [0.05, 0.1) is 23.7 Å². The fourth-order valence-electron chi connectivity index (χ4n) is 4.03. The molecular formula is C28H22F3N3O2. The highest BCUT2D eigenvalue weighted by Crippen LogP contribution is 2.30. The molecule has 2 amide bonds. The highest BCUT2D eigenvalue weighted by molar-refractivity contribution is 5.94. The molecule has 182 valence electrons. The summed E-state index contributed by atoms with van der Waals surface area (Å²) < 4.78 is 41.9. The predicted molar refractivity (Wildman–Crippen MR) is 129 cm³/mol. The monoisotopic (exact) mass is 489 g/mol. The molecule has 0 aliphatic heterocycles. The number of pyridine rings is 1. The van der Waals surface area contributed by atoms with Gasteiger partial charge in [0.15, 0.2) is 0 Å². The van der Waals surface area contributed by atoms with E-state index < -0.39 is 29.4 Å². The van der Waals surface area contributed by atoms with Gasteiger partial charge in [-0.05, 0) is 53.4 Å². The number of amides is 2. The number of halogens is 3. The Bertz CT molecular complexity index is 1390. The van der Waals surface area contributed by atoms with Crippen LogP contribution in [0.1, 0.15) is 33.2 Å². The number of primary amides is 1. The van der Waals surface area contributed by atoms with Crippen molar-refractivity contribution in [3.8, 4) is 11.1 Å². The number of carbonyl (C=O) groups is 2. The van der Waals surface area contributed by atoms with Gasteiger partial charge in [0.25, 0.3) is 5.91 Å². The summed E-state index contributed by atoms with van der Waals surface area (Å²) in [7, 11) is 0. The molecule has 4 aromatic rings. The molecule has 0 fully saturated rings. The van der Waals surface area contributed by atoms with Gasteiger partial charge in [-0.15, -0.1) is 0 Å². The molecule has 0 aliphatic rings. The molecule has 3 aromatic carbocycles. The number of carbonyl (C=O) groups excluding carboxylic acids is 2. The smallest absolute Gasteiger partial charge is 0.251 e. The van der Waals surface area contributed by atoms with Crippen molar-refractivity contribution in [2.75, 3.05) is 0 Å². The lowest BCUT2D eigenvalue weighted by Gasteiger charge is -2.22. The number of benzene rings is 3. The van der Waals surface area contributed by atoms with Gasteiger partial charge in [0.2, 0.25) is 5.91 Å². The lowest BCUT2D eigenvalue weighted by molar-refractivity contribution is -0.121. The average molecular weight is 489 g/mol. The van der Waals surface area contributed by atoms with Crippen molar-refractivity contribution in [2.24, 2.45) is 5.73 Å². The van der Waals surface area contributed by atoms with Crippen molar-refractivity contribution in [1.82, 2.24) is 10.3 Å². The first-order valence-corrected chi connectivity index (χ1v) is 11.1. The van der Waals surface area contributed by atoms with Crippen molar-refractivity contribution in [1.29, 1.82) is 0 Å². The Morgan fingerprint density at radius 2 is 1.58 bits per heavy atom.